The van der Waals surface area contributed by atoms with Gasteiger partial charge in [-0.05, 0) is 31.6 Å². The molecule has 0 unspecified atom stereocenters. The Balaban J connectivity index is 1.56. The molecule has 1 saturated heterocycles. The van der Waals surface area contributed by atoms with Gasteiger partial charge in [-0.1, -0.05) is 32.6 Å². The van der Waals surface area contributed by atoms with E-state index in [2.05, 4.69) is 16.0 Å². The standard InChI is InChI=1S/C17H26N4O4/c1-11-6-4-5-9-17(11)14(23)21(16(25)20-17)10-13(22)19-15(24)18-12-7-2-3-8-12/h11-12H,2-10H2,1H3,(H,20,25)(H2,18,19,22,24)/t11-,17+/m1/s1. The van der Waals surface area contributed by atoms with Crippen LogP contribution in [0.1, 0.15) is 58.3 Å². The Morgan fingerprint density at radius 2 is 1.84 bits per heavy atom. The summed E-state index contributed by atoms with van der Waals surface area (Å²) in [6, 6.07) is -1.02. The van der Waals surface area contributed by atoms with Gasteiger partial charge in [-0.3, -0.25) is 19.8 Å². The molecule has 0 aromatic carbocycles. The number of carbonyl (C=O) groups excluding carboxylic acids is 4. The van der Waals surface area contributed by atoms with Crippen molar-refractivity contribution in [3.63, 3.8) is 0 Å². The SMILES string of the molecule is C[C@@H]1CCCC[C@]12NC(=O)N(CC(=O)NC(=O)NC1CCCC1)C2=O. The Morgan fingerprint density at radius 1 is 1.16 bits per heavy atom. The molecular formula is C17H26N4O4. The highest BCUT2D eigenvalue weighted by Gasteiger charge is 2.55. The van der Waals surface area contributed by atoms with Crippen LogP contribution in [-0.2, 0) is 9.59 Å². The van der Waals surface area contributed by atoms with Crippen LogP contribution in [0, 0.1) is 5.92 Å². The Bertz CT molecular complexity index is 587. The normalized spacial score (nSPS) is 29.8. The van der Waals surface area contributed by atoms with Gasteiger partial charge in [-0.25, -0.2) is 9.59 Å². The van der Waals surface area contributed by atoms with Crippen molar-refractivity contribution in [2.45, 2.75) is 69.9 Å². The molecule has 0 bridgehead atoms. The number of carbonyl (C=O) groups is 4. The smallest absolute Gasteiger partial charge is 0.325 e. The Hall–Kier alpha value is -2.12. The first-order valence-electron chi connectivity index (χ1n) is 9.17. The molecule has 25 heavy (non-hydrogen) atoms. The van der Waals surface area contributed by atoms with Gasteiger partial charge >= 0.3 is 12.1 Å². The predicted molar refractivity (Wildman–Crippen MR) is 89.5 cm³/mol. The van der Waals surface area contributed by atoms with E-state index in [1.165, 1.54) is 0 Å². The molecule has 8 heteroatoms. The molecule has 0 aromatic heterocycles. The van der Waals surface area contributed by atoms with E-state index in [0.717, 1.165) is 49.8 Å². The second-order valence-corrected chi connectivity index (χ2v) is 7.44. The van der Waals surface area contributed by atoms with Gasteiger partial charge in [0.2, 0.25) is 5.91 Å². The van der Waals surface area contributed by atoms with E-state index < -0.39 is 30.1 Å². The summed E-state index contributed by atoms with van der Waals surface area (Å²) in [5, 5.41) is 7.75. The Morgan fingerprint density at radius 3 is 2.52 bits per heavy atom. The molecule has 1 spiro atoms. The van der Waals surface area contributed by atoms with Crippen molar-refractivity contribution in [3.05, 3.63) is 0 Å². The maximum Gasteiger partial charge on any atom is 0.325 e. The lowest BCUT2D eigenvalue weighted by Crippen LogP contribution is -2.54. The molecule has 3 rings (SSSR count). The summed E-state index contributed by atoms with van der Waals surface area (Å²) in [7, 11) is 0. The van der Waals surface area contributed by atoms with E-state index in [4.69, 9.17) is 0 Å². The topological polar surface area (TPSA) is 108 Å². The van der Waals surface area contributed by atoms with E-state index in [9.17, 15) is 19.2 Å². The van der Waals surface area contributed by atoms with E-state index in [0.29, 0.717) is 6.42 Å². The molecule has 0 radical (unpaired) electrons. The lowest BCUT2D eigenvalue weighted by atomic mass is 9.73. The highest BCUT2D eigenvalue weighted by atomic mass is 16.2. The average molecular weight is 350 g/mol. The molecule has 2 atom stereocenters. The van der Waals surface area contributed by atoms with Crippen molar-refractivity contribution in [2.75, 3.05) is 6.54 Å². The first-order valence-corrected chi connectivity index (χ1v) is 9.17. The third-order valence-corrected chi connectivity index (χ3v) is 5.75. The summed E-state index contributed by atoms with van der Waals surface area (Å²) in [6.07, 6.45) is 7.34. The van der Waals surface area contributed by atoms with Crippen molar-refractivity contribution >= 4 is 23.9 Å². The number of amides is 6. The van der Waals surface area contributed by atoms with Crippen molar-refractivity contribution < 1.29 is 19.2 Å². The zero-order valence-corrected chi connectivity index (χ0v) is 14.6. The third-order valence-electron chi connectivity index (χ3n) is 5.75. The van der Waals surface area contributed by atoms with Gasteiger partial charge in [-0.2, -0.15) is 0 Å². The highest BCUT2D eigenvalue weighted by Crippen LogP contribution is 2.38. The largest absolute Gasteiger partial charge is 0.335 e. The van der Waals surface area contributed by atoms with Crippen molar-refractivity contribution in [1.29, 1.82) is 0 Å². The van der Waals surface area contributed by atoms with Crippen LogP contribution >= 0.6 is 0 Å². The number of imide groups is 2. The quantitative estimate of drug-likeness (QED) is 0.666. The van der Waals surface area contributed by atoms with Crippen LogP contribution in [0.2, 0.25) is 0 Å². The van der Waals surface area contributed by atoms with Crippen LogP contribution in [0.5, 0.6) is 0 Å². The lowest BCUT2D eigenvalue weighted by Gasteiger charge is -2.36. The highest BCUT2D eigenvalue weighted by molar-refractivity contribution is 6.10. The number of nitrogens with one attached hydrogen (secondary N) is 3. The Kier molecular flexibility index (Phi) is 4.96. The van der Waals surface area contributed by atoms with Gasteiger partial charge < -0.3 is 10.6 Å². The maximum atomic E-state index is 12.8. The summed E-state index contributed by atoms with van der Waals surface area (Å²) in [5.41, 5.74) is -0.887. The molecule has 2 aliphatic carbocycles. The van der Waals surface area contributed by atoms with Gasteiger partial charge in [0.05, 0.1) is 0 Å². The molecule has 1 heterocycles. The molecule has 1 aliphatic heterocycles. The lowest BCUT2D eigenvalue weighted by molar-refractivity contribution is -0.137. The van der Waals surface area contributed by atoms with Crippen molar-refractivity contribution in [1.82, 2.24) is 20.9 Å². The third kappa shape index (κ3) is 3.48. The molecule has 0 aromatic rings. The minimum atomic E-state index is -0.887. The van der Waals surface area contributed by atoms with Crippen molar-refractivity contribution in [3.8, 4) is 0 Å². The van der Waals surface area contributed by atoms with Crippen LogP contribution in [0.3, 0.4) is 0 Å². The summed E-state index contributed by atoms with van der Waals surface area (Å²) < 4.78 is 0. The number of hydrogen-bond donors (Lipinski definition) is 3. The van der Waals surface area contributed by atoms with Crippen LogP contribution < -0.4 is 16.0 Å². The zero-order chi connectivity index (χ0) is 18.0. The predicted octanol–water partition coefficient (Wildman–Crippen LogP) is 1.26. The molecule has 3 N–H and O–H groups in total. The summed E-state index contributed by atoms with van der Waals surface area (Å²) in [5.74, 6) is -0.966. The number of nitrogens with zero attached hydrogens (tertiary/aromatic N) is 1. The summed E-state index contributed by atoms with van der Waals surface area (Å²) >= 11 is 0. The molecule has 138 valence electrons. The maximum absolute atomic E-state index is 12.8. The number of hydrogen-bond acceptors (Lipinski definition) is 4. The summed E-state index contributed by atoms with van der Waals surface area (Å²) in [6.45, 7) is 1.52. The summed E-state index contributed by atoms with van der Waals surface area (Å²) in [4.78, 5) is 49.8. The van der Waals surface area contributed by atoms with Crippen LogP contribution in [0.25, 0.3) is 0 Å². The fourth-order valence-corrected chi connectivity index (χ4v) is 4.24. The molecular weight excluding hydrogens is 324 g/mol. The van der Waals surface area contributed by atoms with Gasteiger partial charge in [-0.15, -0.1) is 0 Å². The second-order valence-electron chi connectivity index (χ2n) is 7.44. The minimum Gasteiger partial charge on any atom is -0.335 e. The van der Waals surface area contributed by atoms with Gasteiger partial charge in [0.1, 0.15) is 12.1 Å². The monoisotopic (exact) mass is 350 g/mol. The van der Waals surface area contributed by atoms with Gasteiger partial charge in [0, 0.05) is 6.04 Å². The fraction of sp³-hybridized carbons (Fsp3) is 0.765. The van der Waals surface area contributed by atoms with Crippen LogP contribution in [-0.4, -0.2) is 46.9 Å². The van der Waals surface area contributed by atoms with Crippen LogP contribution in [0.15, 0.2) is 0 Å². The Labute approximate surface area is 147 Å². The van der Waals surface area contributed by atoms with Crippen molar-refractivity contribution in [2.24, 2.45) is 5.92 Å². The zero-order valence-electron chi connectivity index (χ0n) is 14.6. The molecule has 3 aliphatic rings. The first kappa shape index (κ1) is 17.7. The molecule has 3 fully saturated rings. The molecule has 2 saturated carbocycles. The van der Waals surface area contributed by atoms with E-state index in [-0.39, 0.29) is 17.9 Å². The van der Waals surface area contributed by atoms with Crippen LogP contribution in [0.4, 0.5) is 9.59 Å². The fourth-order valence-electron chi connectivity index (χ4n) is 4.24. The molecule has 6 amide bonds. The van der Waals surface area contributed by atoms with Gasteiger partial charge in [0.25, 0.3) is 5.91 Å². The van der Waals surface area contributed by atoms with E-state index >= 15 is 0 Å². The van der Waals surface area contributed by atoms with E-state index in [1.807, 2.05) is 6.92 Å². The second kappa shape index (κ2) is 7.01. The first-order chi connectivity index (χ1) is 11.9. The number of urea groups is 2. The molecule has 8 nitrogen and oxygen atoms in total. The average Bonchev–Trinajstić information content (AvgIpc) is 3.13. The number of rotatable bonds is 3. The van der Waals surface area contributed by atoms with E-state index in [1.54, 1.807) is 0 Å². The minimum absolute atomic E-state index is 0.0384. The van der Waals surface area contributed by atoms with Gasteiger partial charge in [0.15, 0.2) is 0 Å².